The number of anilines is 1. The van der Waals surface area contributed by atoms with Gasteiger partial charge in [-0.2, -0.15) is 0 Å². The van der Waals surface area contributed by atoms with Crippen LogP contribution in [0.5, 0.6) is 5.75 Å². The molecular weight excluding hydrogens is 398 g/mol. The van der Waals surface area contributed by atoms with Crippen LogP contribution in [0.3, 0.4) is 0 Å². The summed E-state index contributed by atoms with van der Waals surface area (Å²) >= 11 is 0. The molecule has 0 aliphatic heterocycles. The molecule has 2 aromatic carbocycles. The molecule has 0 aromatic heterocycles. The lowest BCUT2D eigenvalue weighted by Gasteiger charge is -2.16. The van der Waals surface area contributed by atoms with Crippen LogP contribution in [-0.2, 0) is 14.8 Å². The van der Waals surface area contributed by atoms with Crippen molar-refractivity contribution in [2.45, 2.75) is 44.7 Å². The minimum Gasteiger partial charge on any atom is -0.481 e. The predicted molar refractivity (Wildman–Crippen MR) is 108 cm³/mol. The van der Waals surface area contributed by atoms with Crippen LogP contribution in [0.1, 0.15) is 26.3 Å². The van der Waals surface area contributed by atoms with Gasteiger partial charge < -0.3 is 10.1 Å². The third kappa shape index (κ3) is 5.67. The zero-order valence-electron chi connectivity index (χ0n) is 16.5. The van der Waals surface area contributed by atoms with Crippen LogP contribution in [0.15, 0.2) is 47.4 Å². The van der Waals surface area contributed by atoms with E-state index in [-0.39, 0.29) is 33.8 Å². The fraction of sp³-hybridized carbons (Fsp3) is 0.316. The Morgan fingerprint density at radius 3 is 2.28 bits per heavy atom. The highest BCUT2D eigenvalue weighted by Gasteiger charge is 2.20. The lowest BCUT2D eigenvalue weighted by atomic mass is 10.2. The quantitative estimate of drug-likeness (QED) is 0.498. The van der Waals surface area contributed by atoms with E-state index in [2.05, 4.69) is 10.0 Å². The molecule has 0 unspecified atom stereocenters. The Labute approximate surface area is 169 Å². The fourth-order valence-electron chi connectivity index (χ4n) is 2.49. The number of nitro groups is 1. The molecule has 9 nitrogen and oxygen atoms in total. The van der Waals surface area contributed by atoms with Gasteiger partial charge in [-0.25, -0.2) is 8.42 Å². The Morgan fingerprint density at radius 1 is 1.10 bits per heavy atom. The number of nitrogens with zero attached hydrogens (tertiary/aromatic N) is 1. The van der Waals surface area contributed by atoms with E-state index in [0.29, 0.717) is 5.75 Å². The van der Waals surface area contributed by atoms with Crippen molar-refractivity contribution >= 4 is 27.3 Å². The normalized spacial score (nSPS) is 12.3. The van der Waals surface area contributed by atoms with Gasteiger partial charge in [0.1, 0.15) is 5.75 Å². The van der Waals surface area contributed by atoms with Gasteiger partial charge in [-0.1, -0.05) is 6.07 Å². The maximum Gasteiger partial charge on any atom is 0.274 e. The highest BCUT2D eigenvalue weighted by atomic mass is 32.2. The second kappa shape index (κ2) is 8.91. The highest BCUT2D eigenvalue weighted by Crippen LogP contribution is 2.27. The van der Waals surface area contributed by atoms with Crippen LogP contribution in [0.4, 0.5) is 11.4 Å². The number of carbonyl (C=O) groups is 1. The van der Waals surface area contributed by atoms with Crippen molar-refractivity contribution in [2.24, 2.45) is 0 Å². The standard InChI is InChI=1S/C19H23N3O6S/c1-12(2)20-19(23)14(4)28-15-8-10-16(11-9-15)29(26,27)21-17-6-5-7-18(13(17)3)22(24)25/h5-12,14,21H,1-4H3,(H,20,23)/t14-/m0/s1. The first-order valence-electron chi connectivity index (χ1n) is 8.85. The minimum absolute atomic E-state index is 0.0237. The van der Waals surface area contributed by atoms with Gasteiger partial charge in [0.25, 0.3) is 21.6 Å². The van der Waals surface area contributed by atoms with E-state index in [0.717, 1.165) is 0 Å². The number of sulfonamides is 1. The van der Waals surface area contributed by atoms with Gasteiger partial charge in [0.05, 0.1) is 21.1 Å². The van der Waals surface area contributed by atoms with Crippen LogP contribution < -0.4 is 14.8 Å². The van der Waals surface area contributed by atoms with E-state index >= 15 is 0 Å². The summed E-state index contributed by atoms with van der Waals surface area (Å²) in [5.41, 5.74) is 0.159. The number of carbonyl (C=O) groups excluding carboxylic acids is 1. The summed E-state index contributed by atoms with van der Waals surface area (Å²) in [4.78, 5) is 22.3. The topological polar surface area (TPSA) is 128 Å². The molecule has 1 atom stereocenters. The third-order valence-corrected chi connectivity index (χ3v) is 5.37. The van der Waals surface area contributed by atoms with Crippen molar-refractivity contribution in [3.8, 4) is 5.75 Å². The molecule has 0 spiro atoms. The lowest BCUT2D eigenvalue weighted by Crippen LogP contribution is -2.40. The van der Waals surface area contributed by atoms with Crippen LogP contribution in [0.25, 0.3) is 0 Å². The molecule has 0 saturated heterocycles. The first kappa shape index (κ1) is 22.2. The first-order valence-corrected chi connectivity index (χ1v) is 10.3. The Bertz CT molecular complexity index is 1000. The second-order valence-electron chi connectivity index (χ2n) is 6.71. The Morgan fingerprint density at radius 2 is 1.72 bits per heavy atom. The van der Waals surface area contributed by atoms with E-state index < -0.39 is 21.1 Å². The summed E-state index contributed by atoms with van der Waals surface area (Å²) in [6, 6.07) is 9.67. The first-order chi connectivity index (χ1) is 13.5. The van der Waals surface area contributed by atoms with Gasteiger partial charge in [0.15, 0.2) is 6.10 Å². The maximum absolute atomic E-state index is 12.6. The van der Waals surface area contributed by atoms with E-state index in [1.807, 2.05) is 13.8 Å². The fourth-order valence-corrected chi connectivity index (χ4v) is 3.62. The molecule has 2 N–H and O–H groups in total. The van der Waals surface area contributed by atoms with E-state index in [9.17, 15) is 23.3 Å². The number of benzene rings is 2. The predicted octanol–water partition coefficient (Wildman–Crippen LogP) is 3.00. The molecule has 156 valence electrons. The molecule has 10 heteroatoms. The highest BCUT2D eigenvalue weighted by molar-refractivity contribution is 7.92. The number of hydrogen-bond acceptors (Lipinski definition) is 6. The van der Waals surface area contributed by atoms with Gasteiger partial charge >= 0.3 is 0 Å². The van der Waals surface area contributed by atoms with Gasteiger partial charge in [-0.15, -0.1) is 0 Å². The molecule has 0 aliphatic carbocycles. The van der Waals surface area contributed by atoms with Crippen molar-refractivity contribution in [3.05, 3.63) is 58.1 Å². The molecule has 0 fully saturated rings. The van der Waals surface area contributed by atoms with E-state index in [1.165, 1.54) is 49.4 Å². The molecule has 0 saturated carbocycles. The summed E-state index contributed by atoms with van der Waals surface area (Å²) < 4.78 is 33.1. The number of amides is 1. The summed E-state index contributed by atoms with van der Waals surface area (Å²) in [5.74, 6) is 0.0568. The molecule has 0 bridgehead atoms. The van der Waals surface area contributed by atoms with Crippen molar-refractivity contribution in [1.82, 2.24) is 5.32 Å². The number of hydrogen-bond donors (Lipinski definition) is 2. The second-order valence-corrected chi connectivity index (χ2v) is 8.39. The van der Waals surface area contributed by atoms with Crippen molar-refractivity contribution in [3.63, 3.8) is 0 Å². The maximum atomic E-state index is 12.6. The zero-order chi connectivity index (χ0) is 21.8. The largest absolute Gasteiger partial charge is 0.481 e. The SMILES string of the molecule is Cc1c(NS(=O)(=O)c2ccc(O[C@@H](C)C(=O)NC(C)C)cc2)cccc1[N+](=O)[O-]. The van der Waals surface area contributed by atoms with Gasteiger partial charge in [-0.3, -0.25) is 19.6 Å². The molecule has 2 rings (SSSR count). The van der Waals surface area contributed by atoms with Gasteiger partial charge in [-0.05, 0) is 58.0 Å². The minimum atomic E-state index is -3.96. The van der Waals surface area contributed by atoms with Crippen LogP contribution >= 0.6 is 0 Å². The van der Waals surface area contributed by atoms with E-state index in [1.54, 1.807) is 6.92 Å². The molecule has 0 heterocycles. The number of nitrogens with one attached hydrogen (secondary N) is 2. The molecular formula is C19H23N3O6S. The average Bonchev–Trinajstić information content (AvgIpc) is 2.63. The Kier molecular flexibility index (Phi) is 6.80. The lowest BCUT2D eigenvalue weighted by molar-refractivity contribution is -0.385. The summed E-state index contributed by atoms with van der Waals surface area (Å²) in [7, 11) is -3.96. The smallest absolute Gasteiger partial charge is 0.274 e. The Balaban J connectivity index is 2.16. The Hall–Kier alpha value is -3.14. The number of nitro benzene ring substituents is 1. The molecule has 2 aromatic rings. The third-order valence-electron chi connectivity index (χ3n) is 3.99. The molecule has 0 radical (unpaired) electrons. The van der Waals surface area contributed by atoms with Crippen LogP contribution in [0.2, 0.25) is 0 Å². The summed E-state index contributed by atoms with van der Waals surface area (Å²) in [5, 5.41) is 13.8. The monoisotopic (exact) mass is 421 g/mol. The molecule has 1 amide bonds. The van der Waals surface area contributed by atoms with E-state index in [4.69, 9.17) is 4.74 Å². The van der Waals surface area contributed by atoms with Crippen LogP contribution in [-0.4, -0.2) is 31.4 Å². The van der Waals surface area contributed by atoms with Crippen molar-refractivity contribution in [1.29, 1.82) is 0 Å². The number of rotatable bonds is 8. The summed E-state index contributed by atoms with van der Waals surface area (Å²) in [6.07, 6.45) is -0.745. The average molecular weight is 421 g/mol. The molecule has 29 heavy (non-hydrogen) atoms. The molecule has 0 aliphatic rings. The summed E-state index contributed by atoms with van der Waals surface area (Å²) in [6.45, 7) is 6.73. The van der Waals surface area contributed by atoms with Crippen LogP contribution in [0, 0.1) is 17.0 Å². The van der Waals surface area contributed by atoms with Gasteiger partial charge in [0.2, 0.25) is 0 Å². The van der Waals surface area contributed by atoms with Crippen molar-refractivity contribution < 1.29 is 22.9 Å². The zero-order valence-corrected chi connectivity index (χ0v) is 17.3. The van der Waals surface area contributed by atoms with Crippen molar-refractivity contribution in [2.75, 3.05) is 4.72 Å². The number of ether oxygens (including phenoxy) is 1. The van der Waals surface area contributed by atoms with Gasteiger partial charge in [0, 0.05) is 12.1 Å².